The number of carbonyl (C=O) groups is 1. The first-order valence-corrected chi connectivity index (χ1v) is 6.97. The summed E-state index contributed by atoms with van der Waals surface area (Å²) in [6, 6.07) is 0. The molecule has 1 heterocycles. The van der Waals surface area contributed by atoms with Crippen LogP contribution < -0.4 is 0 Å². The van der Waals surface area contributed by atoms with Gasteiger partial charge in [-0.25, -0.2) is 0 Å². The zero-order valence-corrected chi connectivity index (χ0v) is 9.55. The van der Waals surface area contributed by atoms with E-state index in [-0.39, 0.29) is 0 Å². The SMILES string of the molecule is C[C@@]1(CCCCC(=O)O)CCSS1. The molecule has 0 saturated carbocycles. The smallest absolute Gasteiger partial charge is 0.303 e. The Kier molecular flexibility index (Phi) is 4.46. The van der Waals surface area contributed by atoms with Crippen LogP contribution in [0.4, 0.5) is 0 Å². The Bertz CT molecular complexity index is 176. The van der Waals surface area contributed by atoms with Crippen molar-refractivity contribution in [1.82, 2.24) is 0 Å². The summed E-state index contributed by atoms with van der Waals surface area (Å²) in [5.41, 5.74) is 0. The lowest BCUT2D eigenvalue weighted by Gasteiger charge is -2.20. The van der Waals surface area contributed by atoms with Crippen molar-refractivity contribution in [2.45, 2.75) is 43.8 Å². The van der Waals surface area contributed by atoms with Crippen LogP contribution in [-0.2, 0) is 4.79 Å². The Morgan fingerprint density at radius 1 is 1.54 bits per heavy atom. The van der Waals surface area contributed by atoms with Crippen LogP contribution in [0.2, 0.25) is 0 Å². The molecule has 2 nitrogen and oxygen atoms in total. The summed E-state index contributed by atoms with van der Waals surface area (Å²) in [5.74, 6) is 0.582. The van der Waals surface area contributed by atoms with Gasteiger partial charge in [0.25, 0.3) is 0 Å². The van der Waals surface area contributed by atoms with Gasteiger partial charge in [-0.15, -0.1) is 0 Å². The van der Waals surface area contributed by atoms with Gasteiger partial charge >= 0.3 is 5.97 Å². The Morgan fingerprint density at radius 3 is 2.85 bits per heavy atom. The van der Waals surface area contributed by atoms with Crippen LogP contribution in [0, 0.1) is 0 Å². The largest absolute Gasteiger partial charge is 0.481 e. The highest BCUT2D eigenvalue weighted by Crippen LogP contribution is 2.49. The number of rotatable bonds is 5. The average molecular weight is 220 g/mol. The van der Waals surface area contributed by atoms with E-state index in [0.717, 1.165) is 19.3 Å². The highest BCUT2D eigenvalue weighted by Gasteiger charge is 2.29. The second-order valence-corrected chi connectivity index (χ2v) is 6.71. The molecule has 0 unspecified atom stereocenters. The fourth-order valence-electron chi connectivity index (χ4n) is 1.42. The van der Waals surface area contributed by atoms with E-state index in [1.54, 1.807) is 0 Å². The van der Waals surface area contributed by atoms with Gasteiger partial charge in [-0.3, -0.25) is 4.79 Å². The van der Waals surface area contributed by atoms with Crippen molar-refractivity contribution in [3.63, 3.8) is 0 Å². The summed E-state index contributed by atoms with van der Waals surface area (Å²) >= 11 is 0. The van der Waals surface area contributed by atoms with Crippen LogP contribution in [0.15, 0.2) is 0 Å². The molecule has 76 valence electrons. The number of carboxylic acids is 1. The minimum absolute atomic E-state index is 0.327. The average Bonchev–Trinajstić information content (AvgIpc) is 2.47. The monoisotopic (exact) mass is 220 g/mol. The molecule has 1 atom stereocenters. The lowest BCUT2D eigenvalue weighted by atomic mass is 9.99. The maximum atomic E-state index is 10.3. The normalized spacial score (nSPS) is 27.8. The summed E-state index contributed by atoms with van der Waals surface area (Å²) in [6.45, 7) is 2.29. The first-order chi connectivity index (χ1) is 6.12. The second-order valence-electron chi connectivity index (χ2n) is 3.71. The molecule has 4 heteroatoms. The van der Waals surface area contributed by atoms with Crippen molar-refractivity contribution in [2.24, 2.45) is 0 Å². The molecule has 0 aromatic heterocycles. The van der Waals surface area contributed by atoms with Crippen molar-refractivity contribution in [3.05, 3.63) is 0 Å². The summed E-state index contributed by atoms with van der Waals surface area (Å²) < 4.78 is 0.420. The van der Waals surface area contributed by atoms with Gasteiger partial charge in [0.1, 0.15) is 0 Å². The Balaban J connectivity index is 2.07. The summed E-state index contributed by atoms with van der Waals surface area (Å²) in [6.07, 6.45) is 4.65. The molecule has 1 fully saturated rings. The molecular formula is C9H16O2S2. The fraction of sp³-hybridized carbons (Fsp3) is 0.889. The van der Waals surface area contributed by atoms with Gasteiger partial charge in [0.2, 0.25) is 0 Å². The molecule has 13 heavy (non-hydrogen) atoms. The zero-order chi connectivity index (χ0) is 9.73. The molecule has 0 bridgehead atoms. The van der Waals surface area contributed by atoms with E-state index >= 15 is 0 Å². The fourth-order valence-corrected chi connectivity index (χ4v) is 4.72. The van der Waals surface area contributed by atoms with Crippen molar-refractivity contribution in [2.75, 3.05) is 5.75 Å². The summed E-state index contributed by atoms with van der Waals surface area (Å²) in [5, 5.41) is 8.46. The lowest BCUT2D eigenvalue weighted by molar-refractivity contribution is -0.137. The van der Waals surface area contributed by atoms with Gasteiger partial charge in [-0.2, -0.15) is 0 Å². The molecule has 0 amide bonds. The van der Waals surface area contributed by atoms with E-state index in [9.17, 15) is 4.79 Å². The maximum absolute atomic E-state index is 10.3. The molecule has 0 spiro atoms. The van der Waals surface area contributed by atoms with Crippen LogP contribution in [0.3, 0.4) is 0 Å². The molecule has 0 aliphatic carbocycles. The van der Waals surface area contributed by atoms with Crippen LogP contribution in [-0.4, -0.2) is 21.6 Å². The minimum atomic E-state index is -0.668. The molecule has 1 aliphatic rings. The van der Waals surface area contributed by atoms with Crippen molar-refractivity contribution in [3.8, 4) is 0 Å². The highest BCUT2D eigenvalue weighted by molar-refractivity contribution is 8.77. The Morgan fingerprint density at radius 2 is 2.31 bits per heavy atom. The summed E-state index contributed by atoms with van der Waals surface area (Å²) in [4.78, 5) is 10.3. The predicted octanol–water partition coefficient (Wildman–Crippen LogP) is 3.18. The number of hydrogen-bond acceptors (Lipinski definition) is 3. The first kappa shape index (κ1) is 11.2. The minimum Gasteiger partial charge on any atom is -0.481 e. The third kappa shape index (κ3) is 4.27. The molecule has 1 rings (SSSR count). The van der Waals surface area contributed by atoms with Crippen LogP contribution in [0.1, 0.15) is 39.0 Å². The standard InChI is InChI=1S/C9H16O2S2/c1-9(6-7-12-13-9)5-3-2-4-8(10)11/h2-7H2,1H3,(H,10,11)/t9-/m1/s1. The lowest BCUT2D eigenvalue weighted by Crippen LogP contribution is -2.15. The van der Waals surface area contributed by atoms with E-state index < -0.39 is 5.97 Å². The third-order valence-corrected chi connectivity index (χ3v) is 5.68. The molecular weight excluding hydrogens is 204 g/mol. The number of aliphatic carboxylic acids is 1. The quantitative estimate of drug-likeness (QED) is 0.570. The van der Waals surface area contributed by atoms with E-state index in [4.69, 9.17) is 5.11 Å². The van der Waals surface area contributed by atoms with Crippen LogP contribution >= 0.6 is 21.6 Å². The van der Waals surface area contributed by atoms with E-state index in [1.807, 2.05) is 21.6 Å². The van der Waals surface area contributed by atoms with Gasteiger partial charge in [-0.1, -0.05) is 28.0 Å². The Hall–Kier alpha value is 0.170. The second kappa shape index (κ2) is 5.15. The third-order valence-electron chi connectivity index (χ3n) is 2.32. The molecule has 1 saturated heterocycles. The topological polar surface area (TPSA) is 37.3 Å². The number of hydrogen-bond donors (Lipinski definition) is 1. The van der Waals surface area contributed by atoms with E-state index in [1.165, 1.54) is 12.2 Å². The summed E-state index contributed by atoms with van der Waals surface area (Å²) in [7, 11) is 3.92. The molecule has 1 N–H and O–H groups in total. The first-order valence-electron chi connectivity index (χ1n) is 4.65. The van der Waals surface area contributed by atoms with E-state index in [2.05, 4.69) is 6.92 Å². The van der Waals surface area contributed by atoms with Crippen molar-refractivity contribution >= 4 is 27.6 Å². The van der Waals surface area contributed by atoms with Crippen molar-refractivity contribution in [1.29, 1.82) is 0 Å². The van der Waals surface area contributed by atoms with Crippen LogP contribution in [0.25, 0.3) is 0 Å². The predicted molar refractivity (Wildman–Crippen MR) is 59.2 cm³/mol. The Labute approximate surface area is 87.3 Å². The number of carboxylic acid groups (broad SMARTS) is 1. The molecule has 0 aromatic rings. The highest BCUT2D eigenvalue weighted by atomic mass is 33.1. The zero-order valence-electron chi connectivity index (χ0n) is 7.91. The maximum Gasteiger partial charge on any atom is 0.303 e. The van der Waals surface area contributed by atoms with Gasteiger partial charge in [-0.05, 0) is 26.2 Å². The van der Waals surface area contributed by atoms with Gasteiger partial charge < -0.3 is 5.11 Å². The van der Waals surface area contributed by atoms with Gasteiger partial charge in [0, 0.05) is 16.9 Å². The molecule has 0 aromatic carbocycles. The van der Waals surface area contributed by atoms with E-state index in [0.29, 0.717) is 11.2 Å². The van der Waals surface area contributed by atoms with Gasteiger partial charge in [0.05, 0.1) is 0 Å². The van der Waals surface area contributed by atoms with Crippen molar-refractivity contribution < 1.29 is 9.90 Å². The van der Waals surface area contributed by atoms with Gasteiger partial charge in [0.15, 0.2) is 0 Å². The molecule has 1 aliphatic heterocycles. The number of unbranched alkanes of at least 4 members (excludes halogenated alkanes) is 1. The molecule has 0 radical (unpaired) electrons. The van der Waals surface area contributed by atoms with Crippen LogP contribution in [0.5, 0.6) is 0 Å².